The molecule has 0 saturated carbocycles. The first-order valence-electron chi connectivity index (χ1n) is 7.48. The van der Waals surface area contributed by atoms with Gasteiger partial charge in [0.2, 0.25) is 0 Å². The Morgan fingerprint density at radius 1 is 1.53 bits per heavy atom. The van der Waals surface area contributed by atoms with Crippen molar-refractivity contribution in [2.24, 2.45) is 5.92 Å². The maximum atomic E-state index is 4.26. The van der Waals surface area contributed by atoms with E-state index in [4.69, 9.17) is 0 Å². The van der Waals surface area contributed by atoms with E-state index in [0.717, 1.165) is 25.6 Å². The Bertz CT molecular complexity index is 405. The van der Waals surface area contributed by atoms with E-state index in [-0.39, 0.29) is 0 Å². The fourth-order valence-electron chi connectivity index (χ4n) is 2.72. The van der Waals surface area contributed by atoms with Crippen molar-refractivity contribution in [1.82, 2.24) is 15.2 Å². The van der Waals surface area contributed by atoms with Crippen LogP contribution in [0.2, 0.25) is 0 Å². The summed E-state index contributed by atoms with van der Waals surface area (Å²) in [5.41, 5.74) is 2.71. The molecule has 0 aromatic carbocycles. The summed E-state index contributed by atoms with van der Waals surface area (Å²) in [6.45, 7) is 12.4. The molecule has 0 bridgehead atoms. The van der Waals surface area contributed by atoms with Crippen molar-refractivity contribution in [3.8, 4) is 0 Å². The summed E-state index contributed by atoms with van der Waals surface area (Å²) < 4.78 is 0. The first-order valence-corrected chi connectivity index (χ1v) is 7.48. The lowest BCUT2D eigenvalue weighted by Crippen LogP contribution is -2.56. The maximum Gasteiger partial charge on any atom is 0.0315 e. The minimum atomic E-state index is 0.597. The van der Waals surface area contributed by atoms with Gasteiger partial charge in [0.25, 0.3) is 0 Å². The molecule has 1 N–H and O–H groups in total. The van der Waals surface area contributed by atoms with Gasteiger partial charge in [0, 0.05) is 44.1 Å². The second-order valence-electron chi connectivity index (χ2n) is 5.98. The van der Waals surface area contributed by atoms with Crippen LogP contribution in [0.3, 0.4) is 0 Å². The molecule has 3 heteroatoms. The molecule has 0 amide bonds. The Labute approximate surface area is 117 Å². The fraction of sp³-hybridized carbons (Fsp3) is 0.688. The number of hydrogen-bond donors (Lipinski definition) is 1. The third kappa shape index (κ3) is 3.54. The highest BCUT2D eigenvalue weighted by atomic mass is 15.2. The molecule has 2 heterocycles. The van der Waals surface area contributed by atoms with Crippen molar-refractivity contribution in [3.63, 3.8) is 0 Å². The third-order valence-electron chi connectivity index (χ3n) is 4.58. The molecule has 1 aromatic rings. The van der Waals surface area contributed by atoms with E-state index >= 15 is 0 Å². The van der Waals surface area contributed by atoms with E-state index < -0.39 is 0 Å². The van der Waals surface area contributed by atoms with E-state index in [1.807, 2.05) is 12.4 Å². The molecular formula is C16H27N3. The minimum absolute atomic E-state index is 0.597. The fourth-order valence-corrected chi connectivity index (χ4v) is 2.72. The molecule has 3 atom stereocenters. The van der Waals surface area contributed by atoms with Crippen LogP contribution in [0, 0.1) is 12.8 Å². The highest BCUT2D eigenvalue weighted by molar-refractivity contribution is 5.21. The van der Waals surface area contributed by atoms with Gasteiger partial charge in [-0.05, 0) is 37.0 Å². The van der Waals surface area contributed by atoms with Gasteiger partial charge < -0.3 is 5.32 Å². The lowest BCUT2D eigenvalue weighted by Gasteiger charge is -2.41. The van der Waals surface area contributed by atoms with Crippen LogP contribution in [0.15, 0.2) is 18.5 Å². The normalized spacial score (nSPS) is 26.3. The van der Waals surface area contributed by atoms with Crippen LogP contribution in [-0.2, 0) is 6.54 Å². The van der Waals surface area contributed by atoms with Crippen molar-refractivity contribution in [2.75, 3.05) is 13.1 Å². The van der Waals surface area contributed by atoms with Crippen molar-refractivity contribution < 1.29 is 0 Å². The maximum absolute atomic E-state index is 4.26. The van der Waals surface area contributed by atoms with Crippen LogP contribution in [-0.4, -0.2) is 35.1 Å². The number of nitrogens with zero attached hydrogens (tertiary/aromatic N) is 2. The standard InChI is InChI=1S/C16H27N3/c1-5-12(2)16-11-19(14(4)8-18-16)10-15-9-17-7-6-13(15)3/h6-7,9,12,14,16,18H,5,8,10-11H2,1-4H3. The molecule has 106 valence electrons. The second-order valence-corrected chi connectivity index (χ2v) is 5.98. The largest absolute Gasteiger partial charge is 0.311 e. The third-order valence-corrected chi connectivity index (χ3v) is 4.58. The first kappa shape index (κ1) is 14.5. The van der Waals surface area contributed by atoms with Crippen LogP contribution in [0.4, 0.5) is 0 Å². The lowest BCUT2D eigenvalue weighted by atomic mass is 9.95. The molecule has 0 spiro atoms. The van der Waals surface area contributed by atoms with Crippen molar-refractivity contribution >= 4 is 0 Å². The zero-order valence-corrected chi connectivity index (χ0v) is 12.7. The van der Waals surface area contributed by atoms with E-state index in [0.29, 0.717) is 12.1 Å². The molecule has 1 aliphatic heterocycles. The summed E-state index contributed by atoms with van der Waals surface area (Å²) in [6.07, 6.45) is 5.14. The highest BCUT2D eigenvalue weighted by Gasteiger charge is 2.27. The van der Waals surface area contributed by atoms with Crippen LogP contribution in [0.1, 0.15) is 38.3 Å². The van der Waals surface area contributed by atoms with Gasteiger partial charge >= 0.3 is 0 Å². The van der Waals surface area contributed by atoms with Gasteiger partial charge in [-0.25, -0.2) is 0 Å². The molecule has 0 aliphatic carbocycles. The average Bonchev–Trinajstić information content (AvgIpc) is 2.42. The van der Waals surface area contributed by atoms with Crippen LogP contribution in [0.5, 0.6) is 0 Å². The summed E-state index contributed by atoms with van der Waals surface area (Å²) in [4.78, 5) is 6.86. The molecule has 1 aliphatic rings. The zero-order chi connectivity index (χ0) is 13.8. The molecule has 19 heavy (non-hydrogen) atoms. The first-order chi connectivity index (χ1) is 9.11. The van der Waals surface area contributed by atoms with Gasteiger partial charge in [0.1, 0.15) is 0 Å². The minimum Gasteiger partial charge on any atom is -0.311 e. The van der Waals surface area contributed by atoms with E-state index in [9.17, 15) is 0 Å². The Morgan fingerprint density at radius 2 is 2.32 bits per heavy atom. The molecule has 1 aromatic heterocycles. The van der Waals surface area contributed by atoms with E-state index in [2.05, 4.69) is 49.0 Å². The number of aromatic nitrogens is 1. The number of piperazine rings is 1. The Kier molecular flexibility index (Phi) is 4.94. The monoisotopic (exact) mass is 261 g/mol. The van der Waals surface area contributed by atoms with Gasteiger partial charge in [-0.15, -0.1) is 0 Å². The summed E-state index contributed by atoms with van der Waals surface area (Å²) in [7, 11) is 0. The number of hydrogen-bond acceptors (Lipinski definition) is 3. The topological polar surface area (TPSA) is 28.2 Å². The summed E-state index contributed by atoms with van der Waals surface area (Å²) in [6, 6.07) is 3.33. The predicted octanol–water partition coefficient (Wildman–Crippen LogP) is 2.60. The van der Waals surface area contributed by atoms with E-state index in [1.165, 1.54) is 17.5 Å². The molecular weight excluding hydrogens is 234 g/mol. The van der Waals surface area contributed by atoms with Crippen LogP contribution >= 0.6 is 0 Å². The van der Waals surface area contributed by atoms with Crippen molar-refractivity contribution in [3.05, 3.63) is 29.6 Å². The molecule has 1 fully saturated rings. The van der Waals surface area contributed by atoms with Crippen LogP contribution < -0.4 is 5.32 Å². The molecule has 3 nitrogen and oxygen atoms in total. The molecule has 0 radical (unpaired) electrons. The van der Waals surface area contributed by atoms with Gasteiger partial charge in [-0.1, -0.05) is 20.3 Å². The second kappa shape index (κ2) is 6.49. The number of pyridine rings is 1. The summed E-state index contributed by atoms with van der Waals surface area (Å²) >= 11 is 0. The molecule has 3 unspecified atom stereocenters. The van der Waals surface area contributed by atoms with Gasteiger partial charge in [-0.2, -0.15) is 0 Å². The number of nitrogens with one attached hydrogen (secondary N) is 1. The molecule has 1 saturated heterocycles. The highest BCUT2D eigenvalue weighted by Crippen LogP contribution is 2.18. The van der Waals surface area contributed by atoms with Crippen LogP contribution in [0.25, 0.3) is 0 Å². The average molecular weight is 261 g/mol. The number of aryl methyl sites for hydroxylation is 1. The van der Waals surface area contributed by atoms with Crippen molar-refractivity contribution in [1.29, 1.82) is 0 Å². The van der Waals surface area contributed by atoms with Gasteiger partial charge in [0.15, 0.2) is 0 Å². The molecule has 2 rings (SSSR count). The van der Waals surface area contributed by atoms with E-state index in [1.54, 1.807) is 0 Å². The smallest absolute Gasteiger partial charge is 0.0315 e. The van der Waals surface area contributed by atoms with Crippen molar-refractivity contribution in [2.45, 2.75) is 52.7 Å². The van der Waals surface area contributed by atoms with Gasteiger partial charge in [0.05, 0.1) is 0 Å². The Hall–Kier alpha value is -0.930. The van der Waals surface area contributed by atoms with Gasteiger partial charge in [-0.3, -0.25) is 9.88 Å². The zero-order valence-electron chi connectivity index (χ0n) is 12.7. The quantitative estimate of drug-likeness (QED) is 0.903. The Morgan fingerprint density at radius 3 is 3.00 bits per heavy atom. The lowest BCUT2D eigenvalue weighted by molar-refractivity contribution is 0.111. The predicted molar refractivity (Wildman–Crippen MR) is 80.1 cm³/mol. The summed E-state index contributed by atoms with van der Waals surface area (Å²) in [5.74, 6) is 0.741. The Balaban J connectivity index is 2.03. The number of rotatable bonds is 4. The SMILES string of the molecule is CCC(C)C1CN(Cc2cnccc2C)C(C)CN1. The summed E-state index contributed by atoms with van der Waals surface area (Å²) in [5, 5.41) is 3.69.